The molecule has 77 valence electrons. The molecule has 1 rings (SSSR count). The fourth-order valence-electron chi connectivity index (χ4n) is 1.68. The Bertz CT molecular complexity index is 169. The predicted octanol–water partition coefficient (Wildman–Crippen LogP) is 2.45. The van der Waals surface area contributed by atoms with Crippen LogP contribution >= 0.6 is 0 Å². The number of hydrogen-bond acceptors (Lipinski definition) is 1. The Labute approximate surface area is 77.7 Å². The molecule has 1 unspecified atom stereocenters. The van der Waals surface area contributed by atoms with Crippen LogP contribution < -0.4 is 0 Å². The maximum atomic E-state index is 13.0. The summed E-state index contributed by atoms with van der Waals surface area (Å²) in [6.45, 7) is 0.815. The van der Waals surface area contributed by atoms with Crippen molar-refractivity contribution >= 4 is 9.04 Å². The van der Waals surface area contributed by atoms with E-state index in [1.165, 1.54) is 0 Å². The normalized spacial score (nSPS) is 22.6. The summed E-state index contributed by atoms with van der Waals surface area (Å²) >= 11 is 0. The van der Waals surface area contributed by atoms with Crippen LogP contribution in [-0.2, 0) is 0 Å². The topological polar surface area (TPSA) is 20.2 Å². The minimum atomic E-state index is -3.49. The van der Waals surface area contributed by atoms with E-state index in [1.807, 2.05) is 0 Å². The Morgan fingerprint density at radius 1 is 1.38 bits per heavy atom. The van der Waals surface area contributed by atoms with Crippen molar-refractivity contribution in [2.45, 2.75) is 49.9 Å². The van der Waals surface area contributed by atoms with Gasteiger partial charge in [-0.2, -0.15) is 0 Å². The molecule has 1 radical (unpaired) electrons. The Balaban J connectivity index is 2.58. The summed E-state index contributed by atoms with van der Waals surface area (Å²) in [5.74, 6) is 0. The van der Waals surface area contributed by atoms with Crippen LogP contribution in [0.4, 0.5) is 13.2 Å². The number of alkyl halides is 3. The van der Waals surface area contributed by atoms with Crippen molar-refractivity contribution in [3.8, 4) is 0 Å². The minimum absolute atomic E-state index is 0.321. The molecule has 1 aliphatic carbocycles. The third-order valence-corrected chi connectivity index (χ3v) is 5.01. The molecule has 5 heteroatoms. The molecule has 1 aliphatic rings. The van der Waals surface area contributed by atoms with E-state index in [1.54, 1.807) is 0 Å². The second-order valence-corrected chi connectivity index (χ2v) is 5.86. The van der Waals surface area contributed by atoms with Gasteiger partial charge in [-0.15, -0.1) is 0 Å². The molecular weight excluding hydrogens is 197 g/mol. The molecule has 0 heterocycles. The van der Waals surface area contributed by atoms with Gasteiger partial charge in [0.05, 0.1) is 0 Å². The van der Waals surface area contributed by atoms with Crippen molar-refractivity contribution in [2.24, 2.45) is 0 Å². The molecule has 0 aromatic heterocycles. The molecule has 0 saturated heterocycles. The van der Waals surface area contributed by atoms with E-state index in [-0.39, 0.29) is 5.54 Å². The molecule has 1 N–H and O–H groups in total. The summed E-state index contributed by atoms with van der Waals surface area (Å²) < 4.78 is 38.5. The summed E-state index contributed by atoms with van der Waals surface area (Å²) in [5, 5.41) is 0. The van der Waals surface area contributed by atoms with Gasteiger partial charge >= 0.3 is 0 Å². The van der Waals surface area contributed by atoms with Crippen molar-refractivity contribution in [1.82, 2.24) is 0 Å². The Kier molecular flexibility index (Phi) is 3.40. The summed E-state index contributed by atoms with van der Waals surface area (Å²) in [6.07, 6.45) is 0.805. The first-order valence-electron chi connectivity index (χ1n) is 4.54. The van der Waals surface area contributed by atoms with E-state index in [9.17, 15) is 18.0 Å². The monoisotopic (exact) mass is 211 g/mol. The van der Waals surface area contributed by atoms with Crippen LogP contribution in [0.25, 0.3) is 0 Å². The van der Waals surface area contributed by atoms with Gasteiger partial charge in [-0.05, 0) is 12.5 Å². The lowest BCUT2D eigenvalue weighted by Gasteiger charge is -2.25. The van der Waals surface area contributed by atoms with Crippen LogP contribution in [0.2, 0.25) is 5.54 Å². The molecule has 0 bridgehead atoms. The average Bonchev–Trinajstić information content (AvgIpc) is 2.54. The second-order valence-electron chi connectivity index (χ2n) is 3.61. The third kappa shape index (κ3) is 2.25. The van der Waals surface area contributed by atoms with E-state index < -0.39 is 20.8 Å². The smallest absolute Gasteiger partial charge is 0.299 e. The van der Waals surface area contributed by atoms with Crippen LogP contribution in [0, 0.1) is 0 Å². The molecule has 13 heavy (non-hydrogen) atoms. The summed E-state index contributed by atoms with van der Waals surface area (Å²) in [6, 6.07) is 0. The lowest BCUT2D eigenvalue weighted by molar-refractivity contribution is -0.00572. The van der Waals surface area contributed by atoms with Gasteiger partial charge in [-0.25, -0.2) is 13.2 Å². The fraction of sp³-hybridized carbons (Fsp3) is 1.00. The zero-order valence-electron chi connectivity index (χ0n) is 7.56. The van der Waals surface area contributed by atoms with Gasteiger partial charge in [0, 0.05) is 0 Å². The minimum Gasteiger partial charge on any atom is -0.426 e. The fourth-order valence-corrected chi connectivity index (χ4v) is 3.58. The molecule has 1 atom stereocenters. The lowest BCUT2D eigenvalue weighted by atomic mass is 10.4. The highest BCUT2D eigenvalue weighted by molar-refractivity contribution is 6.55. The van der Waals surface area contributed by atoms with Gasteiger partial charge in [-0.3, -0.25) is 0 Å². The molecule has 0 aliphatic heterocycles. The van der Waals surface area contributed by atoms with Gasteiger partial charge in [0.1, 0.15) is 0 Å². The first-order valence-corrected chi connectivity index (χ1v) is 6.07. The maximum absolute atomic E-state index is 13.0. The summed E-state index contributed by atoms with van der Waals surface area (Å²) in [4.78, 5) is 9.36. The van der Waals surface area contributed by atoms with E-state index in [2.05, 4.69) is 0 Å². The van der Waals surface area contributed by atoms with Crippen LogP contribution in [0.5, 0.6) is 0 Å². The van der Waals surface area contributed by atoms with Crippen molar-refractivity contribution in [1.29, 1.82) is 0 Å². The zero-order valence-corrected chi connectivity index (χ0v) is 8.56. The Morgan fingerprint density at radius 2 is 1.85 bits per heavy atom. The summed E-state index contributed by atoms with van der Waals surface area (Å²) in [5.41, 5.74) is -3.81. The molecule has 1 fully saturated rings. The third-order valence-electron chi connectivity index (χ3n) is 2.58. The second kappa shape index (κ2) is 4.00. The largest absolute Gasteiger partial charge is 0.426 e. The van der Waals surface area contributed by atoms with E-state index in [0.717, 1.165) is 19.8 Å². The van der Waals surface area contributed by atoms with Crippen molar-refractivity contribution in [2.75, 3.05) is 0 Å². The molecule has 0 aromatic carbocycles. The van der Waals surface area contributed by atoms with Crippen molar-refractivity contribution in [3.63, 3.8) is 0 Å². The van der Waals surface area contributed by atoms with Crippen molar-refractivity contribution in [3.05, 3.63) is 0 Å². The molecule has 0 spiro atoms. The SMILES string of the molecule is CC(F)C(F)(F)[Si](O)C1CCCC1. The van der Waals surface area contributed by atoms with Crippen LogP contribution in [-0.4, -0.2) is 25.6 Å². The van der Waals surface area contributed by atoms with Gasteiger partial charge in [0.15, 0.2) is 6.17 Å². The van der Waals surface area contributed by atoms with Crippen molar-refractivity contribution < 1.29 is 18.0 Å². The van der Waals surface area contributed by atoms with E-state index in [4.69, 9.17) is 0 Å². The number of rotatable bonds is 3. The highest BCUT2D eigenvalue weighted by Gasteiger charge is 2.51. The Hall–Kier alpha value is -0.0331. The highest BCUT2D eigenvalue weighted by Crippen LogP contribution is 2.38. The summed E-state index contributed by atoms with van der Waals surface area (Å²) in [7, 11) is -2.85. The molecular formula is C8H14F3OSi. The van der Waals surface area contributed by atoms with E-state index >= 15 is 0 Å². The van der Waals surface area contributed by atoms with Crippen LogP contribution in [0.1, 0.15) is 32.6 Å². The maximum Gasteiger partial charge on any atom is 0.299 e. The molecule has 0 amide bonds. The molecule has 1 saturated carbocycles. The molecule has 1 nitrogen and oxygen atoms in total. The highest BCUT2D eigenvalue weighted by atomic mass is 28.3. The van der Waals surface area contributed by atoms with Gasteiger partial charge < -0.3 is 4.80 Å². The predicted molar refractivity (Wildman–Crippen MR) is 45.7 cm³/mol. The van der Waals surface area contributed by atoms with Gasteiger partial charge in [0.2, 0.25) is 0 Å². The first-order chi connectivity index (χ1) is 5.96. The van der Waals surface area contributed by atoms with E-state index in [0.29, 0.717) is 12.8 Å². The van der Waals surface area contributed by atoms with Crippen LogP contribution in [0.15, 0.2) is 0 Å². The average molecular weight is 211 g/mol. The number of halogens is 3. The van der Waals surface area contributed by atoms with Crippen LogP contribution in [0.3, 0.4) is 0 Å². The molecule has 0 aromatic rings. The lowest BCUT2D eigenvalue weighted by Crippen LogP contribution is -2.47. The zero-order chi connectivity index (χ0) is 10.1. The first kappa shape index (κ1) is 11.0. The van der Waals surface area contributed by atoms with Gasteiger partial charge in [-0.1, -0.05) is 25.7 Å². The standard InChI is InChI=1S/C8H14F3OSi/c1-6(9)8(10,11)13(12)7-4-2-3-5-7/h6-7,12H,2-5H2,1H3. The quantitative estimate of drug-likeness (QED) is 0.711. The Morgan fingerprint density at radius 3 is 2.23 bits per heavy atom. The van der Waals surface area contributed by atoms with Gasteiger partial charge in [0.25, 0.3) is 14.6 Å². The number of hydrogen-bond donors (Lipinski definition) is 1.